The fourth-order valence-electron chi connectivity index (χ4n) is 2.28. The van der Waals surface area contributed by atoms with Crippen molar-refractivity contribution in [3.8, 4) is 17.0 Å². The number of hydrogen-bond acceptors (Lipinski definition) is 4. The summed E-state index contributed by atoms with van der Waals surface area (Å²) in [5.41, 5.74) is 1.94. The van der Waals surface area contributed by atoms with Crippen molar-refractivity contribution in [2.75, 3.05) is 0 Å². The van der Waals surface area contributed by atoms with E-state index in [-0.39, 0.29) is 5.69 Å². The molecule has 0 aliphatic heterocycles. The zero-order chi connectivity index (χ0) is 16.1. The van der Waals surface area contributed by atoms with Gasteiger partial charge in [0.15, 0.2) is 0 Å². The van der Waals surface area contributed by atoms with Crippen molar-refractivity contribution in [2.45, 2.75) is 6.61 Å². The average molecular weight is 306 g/mol. The molecule has 0 amide bonds. The van der Waals surface area contributed by atoms with Crippen molar-refractivity contribution >= 4 is 5.69 Å². The van der Waals surface area contributed by atoms with E-state index in [1.54, 1.807) is 36.5 Å². The SMILES string of the molecule is O=[N+]([O-])c1ccccc1-c1ncccc1OCc1ccccc1. The van der Waals surface area contributed by atoms with Crippen molar-refractivity contribution in [3.63, 3.8) is 0 Å². The van der Waals surface area contributed by atoms with Crippen LogP contribution in [0.25, 0.3) is 11.3 Å². The summed E-state index contributed by atoms with van der Waals surface area (Å²) in [4.78, 5) is 15.1. The Morgan fingerprint density at radius 2 is 1.70 bits per heavy atom. The number of benzene rings is 2. The van der Waals surface area contributed by atoms with Gasteiger partial charge in [0, 0.05) is 12.3 Å². The minimum absolute atomic E-state index is 0.00996. The molecule has 0 unspecified atom stereocenters. The van der Waals surface area contributed by atoms with Crippen LogP contribution in [-0.2, 0) is 6.61 Å². The van der Waals surface area contributed by atoms with Gasteiger partial charge >= 0.3 is 0 Å². The number of nitro benzene ring substituents is 1. The van der Waals surface area contributed by atoms with Gasteiger partial charge in [0.1, 0.15) is 18.1 Å². The molecule has 0 spiro atoms. The lowest BCUT2D eigenvalue weighted by atomic mass is 10.1. The number of rotatable bonds is 5. The maximum Gasteiger partial charge on any atom is 0.278 e. The van der Waals surface area contributed by atoms with Crippen LogP contribution in [0.5, 0.6) is 5.75 Å². The third-order valence-corrected chi connectivity index (χ3v) is 3.36. The molecule has 3 rings (SSSR count). The highest BCUT2D eigenvalue weighted by molar-refractivity contribution is 5.74. The number of ether oxygens (including phenoxy) is 1. The first-order chi connectivity index (χ1) is 11.3. The third-order valence-electron chi connectivity index (χ3n) is 3.36. The maximum absolute atomic E-state index is 11.2. The summed E-state index contributed by atoms with van der Waals surface area (Å²) in [6.07, 6.45) is 1.60. The molecule has 0 aliphatic carbocycles. The van der Waals surface area contributed by atoms with Crippen LogP contribution in [0.4, 0.5) is 5.69 Å². The highest BCUT2D eigenvalue weighted by Gasteiger charge is 2.18. The van der Waals surface area contributed by atoms with Gasteiger partial charge in [-0.25, -0.2) is 0 Å². The summed E-state index contributed by atoms with van der Waals surface area (Å²) in [5, 5.41) is 11.2. The Balaban J connectivity index is 1.94. The molecule has 114 valence electrons. The van der Waals surface area contributed by atoms with Gasteiger partial charge < -0.3 is 4.74 Å². The van der Waals surface area contributed by atoms with Gasteiger partial charge in [-0.05, 0) is 23.8 Å². The van der Waals surface area contributed by atoms with Crippen molar-refractivity contribution in [3.05, 3.63) is 88.6 Å². The summed E-state index contributed by atoms with van der Waals surface area (Å²) in [6.45, 7) is 0.375. The number of nitro groups is 1. The fourth-order valence-corrected chi connectivity index (χ4v) is 2.28. The van der Waals surface area contributed by atoms with E-state index in [0.717, 1.165) is 5.56 Å². The molecule has 0 radical (unpaired) electrons. The Bertz CT molecular complexity index is 819. The predicted octanol–water partition coefficient (Wildman–Crippen LogP) is 4.24. The lowest BCUT2D eigenvalue weighted by Crippen LogP contribution is -1.99. The zero-order valence-electron chi connectivity index (χ0n) is 12.3. The summed E-state index contributed by atoms with van der Waals surface area (Å²) < 4.78 is 5.83. The van der Waals surface area contributed by atoms with Crippen molar-refractivity contribution in [1.82, 2.24) is 4.98 Å². The summed E-state index contributed by atoms with van der Waals surface area (Å²) >= 11 is 0. The first-order valence-corrected chi connectivity index (χ1v) is 7.11. The normalized spacial score (nSPS) is 10.3. The topological polar surface area (TPSA) is 65.3 Å². The molecule has 0 aliphatic rings. The number of hydrogen-bond donors (Lipinski definition) is 0. The molecule has 5 nitrogen and oxygen atoms in total. The second-order valence-corrected chi connectivity index (χ2v) is 4.90. The number of nitrogens with zero attached hydrogens (tertiary/aromatic N) is 2. The predicted molar refractivity (Wildman–Crippen MR) is 87.1 cm³/mol. The Morgan fingerprint density at radius 1 is 0.957 bits per heavy atom. The van der Waals surface area contributed by atoms with Crippen LogP contribution < -0.4 is 4.74 Å². The van der Waals surface area contributed by atoms with Crippen LogP contribution in [0.15, 0.2) is 72.9 Å². The molecule has 0 bridgehead atoms. The van der Waals surface area contributed by atoms with E-state index in [1.165, 1.54) is 6.07 Å². The van der Waals surface area contributed by atoms with Gasteiger partial charge in [0.05, 0.1) is 10.5 Å². The molecule has 0 saturated heterocycles. The zero-order valence-corrected chi connectivity index (χ0v) is 12.3. The summed E-state index contributed by atoms with van der Waals surface area (Å²) in [7, 11) is 0. The largest absolute Gasteiger partial charge is 0.487 e. The van der Waals surface area contributed by atoms with Crippen LogP contribution in [0.1, 0.15) is 5.56 Å². The number of pyridine rings is 1. The molecule has 0 N–H and O–H groups in total. The minimum Gasteiger partial charge on any atom is -0.487 e. The van der Waals surface area contributed by atoms with Crippen LogP contribution in [0, 0.1) is 10.1 Å². The lowest BCUT2D eigenvalue weighted by Gasteiger charge is -2.11. The third kappa shape index (κ3) is 3.35. The molecule has 1 aromatic heterocycles. The van der Waals surface area contributed by atoms with E-state index < -0.39 is 4.92 Å². The van der Waals surface area contributed by atoms with Crippen LogP contribution in [0.2, 0.25) is 0 Å². The van der Waals surface area contributed by atoms with Crippen molar-refractivity contribution < 1.29 is 9.66 Å². The second-order valence-electron chi connectivity index (χ2n) is 4.90. The molecule has 0 fully saturated rings. The van der Waals surface area contributed by atoms with E-state index in [9.17, 15) is 10.1 Å². The molecule has 3 aromatic rings. The van der Waals surface area contributed by atoms with Gasteiger partial charge in [0.2, 0.25) is 0 Å². The molecular weight excluding hydrogens is 292 g/mol. The average Bonchev–Trinajstić information content (AvgIpc) is 2.61. The lowest BCUT2D eigenvalue weighted by molar-refractivity contribution is -0.384. The maximum atomic E-state index is 11.2. The summed E-state index contributed by atoms with van der Waals surface area (Å²) in [6, 6.07) is 19.8. The first kappa shape index (κ1) is 14.7. The van der Waals surface area contributed by atoms with Crippen LogP contribution in [0.3, 0.4) is 0 Å². The Labute approximate surface area is 133 Å². The Hall–Kier alpha value is -3.21. The van der Waals surface area contributed by atoms with E-state index in [2.05, 4.69) is 4.98 Å². The Morgan fingerprint density at radius 3 is 2.48 bits per heavy atom. The van der Waals surface area contributed by atoms with Crippen LogP contribution >= 0.6 is 0 Å². The molecule has 1 heterocycles. The molecule has 0 saturated carbocycles. The monoisotopic (exact) mass is 306 g/mol. The Kier molecular flexibility index (Phi) is 4.29. The molecular formula is C18H14N2O3. The van der Waals surface area contributed by atoms with Gasteiger partial charge in [-0.15, -0.1) is 0 Å². The van der Waals surface area contributed by atoms with E-state index in [0.29, 0.717) is 23.6 Å². The van der Waals surface area contributed by atoms with E-state index >= 15 is 0 Å². The number of aromatic nitrogens is 1. The summed E-state index contributed by atoms with van der Waals surface area (Å²) in [5.74, 6) is 0.519. The van der Waals surface area contributed by atoms with Crippen molar-refractivity contribution in [1.29, 1.82) is 0 Å². The van der Waals surface area contributed by atoms with Crippen LogP contribution in [-0.4, -0.2) is 9.91 Å². The fraction of sp³-hybridized carbons (Fsp3) is 0.0556. The highest BCUT2D eigenvalue weighted by Crippen LogP contribution is 2.34. The first-order valence-electron chi connectivity index (χ1n) is 7.11. The minimum atomic E-state index is -0.412. The quantitative estimate of drug-likeness (QED) is 0.522. The standard InChI is InChI=1S/C18H14N2O3/c21-20(22)16-10-5-4-9-15(16)18-17(11-6-12-19-18)23-13-14-7-2-1-3-8-14/h1-12H,13H2. The van der Waals surface area contributed by atoms with Gasteiger partial charge in [0.25, 0.3) is 5.69 Å². The van der Waals surface area contributed by atoms with E-state index in [1.807, 2.05) is 30.3 Å². The number of para-hydroxylation sites is 1. The second kappa shape index (κ2) is 6.70. The van der Waals surface area contributed by atoms with Gasteiger partial charge in [-0.1, -0.05) is 42.5 Å². The smallest absolute Gasteiger partial charge is 0.278 e. The van der Waals surface area contributed by atoms with Gasteiger partial charge in [-0.2, -0.15) is 0 Å². The van der Waals surface area contributed by atoms with Crippen molar-refractivity contribution in [2.24, 2.45) is 0 Å². The van der Waals surface area contributed by atoms with Gasteiger partial charge in [-0.3, -0.25) is 15.1 Å². The molecule has 23 heavy (non-hydrogen) atoms. The molecule has 0 atom stereocenters. The highest BCUT2D eigenvalue weighted by atomic mass is 16.6. The molecule has 2 aromatic carbocycles. The van der Waals surface area contributed by atoms with E-state index in [4.69, 9.17) is 4.74 Å². The molecule has 5 heteroatoms.